The van der Waals surface area contributed by atoms with Crippen LogP contribution < -0.4 is 16.4 Å². The highest BCUT2D eigenvalue weighted by Crippen LogP contribution is 2.24. The van der Waals surface area contributed by atoms with E-state index in [0.29, 0.717) is 12.5 Å². The van der Waals surface area contributed by atoms with E-state index in [1.807, 2.05) is 34.6 Å². The molecule has 0 aromatic heterocycles. The SMILES string of the molecule is CC(C)(CN=C(N)NCC1CCC1)NC(=O)OC(C)(C)C. The number of hydrogen-bond donors (Lipinski definition) is 3. The maximum Gasteiger partial charge on any atom is 0.408 e. The lowest BCUT2D eigenvalue weighted by Gasteiger charge is -2.28. The predicted octanol–water partition coefficient (Wildman–Crippen LogP) is 1.99. The first kappa shape index (κ1) is 17.6. The van der Waals surface area contributed by atoms with Crippen molar-refractivity contribution < 1.29 is 9.53 Å². The van der Waals surface area contributed by atoms with Gasteiger partial charge in [-0.25, -0.2) is 4.79 Å². The van der Waals surface area contributed by atoms with Gasteiger partial charge in [0.15, 0.2) is 5.96 Å². The van der Waals surface area contributed by atoms with Crippen LogP contribution >= 0.6 is 0 Å². The number of aliphatic imine (C=N–C) groups is 1. The van der Waals surface area contributed by atoms with Gasteiger partial charge in [0.2, 0.25) is 0 Å². The zero-order valence-corrected chi connectivity index (χ0v) is 14.0. The van der Waals surface area contributed by atoms with Gasteiger partial charge in [-0.05, 0) is 53.4 Å². The van der Waals surface area contributed by atoms with Gasteiger partial charge in [-0.2, -0.15) is 0 Å². The molecule has 1 rings (SSSR count). The van der Waals surface area contributed by atoms with E-state index in [1.54, 1.807) is 0 Å². The summed E-state index contributed by atoms with van der Waals surface area (Å²) >= 11 is 0. The van der Waals surface area contributed by atoms with Crippen molar-refractivity contribution in [1.82, 2.24) is 10.6 Å². The van der Waals surface area contributed by atoms with Crippen molar-refractivity contribution >= 4 is 12.1 Å². The zero-order chi connectivity index (χ0) is 16.1. The molecular formula is C15H30N4O2. The van der Waals surface area contributed by atoms with Crippen molar-refractivity contribution in [3.63, 3.8) is 0 Å². The number of ether oxygens (including phenoxy) is 1. The highest BCUT2D eigenvalue weighted by molar-refractivity contribution is 5.78. The van der Waals surface area contributed by atoms with Crippen LogP contribution in [0.3, 0.4) is 0 Å². The largest absolute Gasteiger partial charge is 0.444 e. The molecule has 0 unspecified atom stereocenters. The maximum atomic E-state index is 11.8. The van der Waals surface area contributed by atoms with Crippen molar-refractivity contribution in [1.29, 1.82) is 0 Å². The number of nitrogens with zero attached hydrogens (tertiary/aromatic N) is 1. The Kier molecular flexibility index (Phi) is 5.87. The van der Waals surface area contributed by atoms with E-state index in [-0.39, 0.29) is 0 Å². The molecule has 1 amide bonds. The van der Waals surface area contributed by atoms with Crippen LogP contribution in [-0.4, -0.2) is 36.3 Å². The minimum Gasteiger partial charge on any atom is -0.444 e. The second-order valence-electron chi connectivity index (χ2n) is 7.39. The summed E-state index contributed by atoms with van der Waals surface area (Å²) in [5.74, 6) is 1.16. The molecule has 0 atom stereocenters. The number of carbonyl (C=O) groups excluding carboxylic acids is 1. The normalized spacial score (nSPS) is 17.1. The highest BCUT2D eigenvalue weighted by Gasteiger charge is 2.24. The molecule has 0 aliphatic heterocycles. The summed E-state index contributed by atoms with van der Waals surface area (Å²) in [5.41, 5.74) is 4.82. The topological polar surface area (TPSA) is 88.7 Å². The van der Waals surface area contributed by atoms with Gasteiger partial charge in [0.05, 0.1) is 12.1 Å². The lowest BCUT2D eigenvalue weighted by atomic mass is 9.85. The molecule has 0 bridgehead atoms. The Balaban J connectivity index is 2.34. The number of alkyl carbamates (subject to hydrolysis) is 1. The number of amides is 1. The summed E-state index contributed by atoms with van der Waals surface area (Å²) in [4.78, 5) is 16.0. The summed E-state index contributed by atoms with van der Waals surface area (Å²) in [6, 6.07) is 0. The summed E-state index contributed by atoms with van der Waals surface area (Å²) in [6.07, 6.45) is 3.41. The summed E-state index contributed by atoms with van der Waals surface area (Å²) < 4.78 is 5.24. The summed E-state index contributed by atoms with van der Waals surface area (Å²) in [5, 5.41) is 5.94. The van der Waals surface area contributed by atoms with Gasteiger partial charge in [-0.3, -0.25) is 4.99 Å². The first-order valence-corrected chi connectivity index (χ1v) is 7.62. The highest BCUT2D eigenvalue weighted by atomic mass is 16.6. The molecule has 0 saturated heterocycles. The van der Waals surface area contributed by atoms with Crippen molar-refractivity contribution in [2.75, 3.05) is 13.1 Å². The smallest absolute Gasteiger partial charge is 0.408 e. The lowest BCUT2D eigenvalue weighted by Crippen LogP contribution is -2.48. The van der Waals surface area contributed by atoms with Crippen molar-refractivity contribution in [2.24, 2.45) is 16.6 Å². The fourth-order valence-corrected chi connectivity index (χ4v) is 1.90. The van der Waals surface area contributed by atoms with Gasteiger partial charge in [-0.15, -0.1) is 0 Å². The van der Waals surface area contributed by atoms with Crippen molar-refractivity contribution in [2.45, 2.75) is 65.0 Å². The van der Waals surface area contributed by atoms with Crippen molar-refractivity contribution in [3.8, 4) is 0 Å². The van der Waals surface area contributed by atoms with E-state index >= 15 is 0 Å². The van der Waals surface area contributed by atoms with E-state index in [0.717, 1.165) is 12.5 Å². The van der Waals surface area contributed by atoms with E-state index in [1.165, 1.54) is 19.3 Å². The Morgan fingerprint density at radius 3 is 2.38 bits per heavy atom. The minimum atomic E-state index is -0.509. The molecule has 0 spiro atoms. The molecule has 0 aromatic rings. The Morgan fingerprint density at radius 1 is 1.29 bits per heavy atom. The van der Waals surface area contributed by atoms with E-state index in [2.05, 4.69) is 15.6 Å². The molecule has 0 radical (unpaired) electrons. The minimum absolute atomic E-state index is 0.399. The van der Waals surface area contributed by atoms with Gasteiger partial charge in [0.1, 0.15) is 5.60 Å². The molecule has 1 aliphatic carbocycles. The van der Waals surface area contributed by atoms with Crippen LogP contribution in [0.5, 0.6) is 0 Å². The van der Waals surface area contributed by atoms with Crippen LogP contribution in [-0.2, 0) is 4.74 Å². The molecule has 21 heavy (non-hydrogen) atoms. The van der Waals surface area contributed by atoms with Gasteiger partial charge in [0, 0.05) is 6.54 Å². The van der Waals surface area contributed by atoms with Gasteiger partial charge >= 0.3 is 6.09 Å². The van der Waals surface area contributed by atoms with Crippen LogP contribution in [0.15, 0.2) is 4.99 Å². The molecule has 1 fully saturated rings. The molecule has 1 saturated carbocycles. The Hall–Kier alpha value is -1.46. The number of nitrogens with one attached hydrogen (secondary N) is 2. The number of nitrogens with two attached hydrogens (primary N) is 1. The third-order valence-corrected chi connectivity index (χ3v) is 3.28. The van der Waals surface area contributed by atoms with Crippen molar-refractivity contribution in [3.05, 3.63) is 0 Å². The second-order valence-corrected chi connectivity index (χ2v) is 7.39. The molecule has 6 heteroatoms. The fraction of sp³-hybridized carbons (Fsp3) is 0.867. The Morgan fingerprint density at radius 2 is 1.90 bits per heavy atom. The second kappa shape index (κ2) is 7.00. The van der Waals surface area contributed by atoms with E-state index in [9.17, 15) is 4.79 Å². The Labute approximate surface area is 127 Å². The third-order valence-electron chi connectivity index (χ3n) is 3.28. The number of carbonyl (C=O) groups is 1. The molecule has 0 aromatic carbocycles. The summed E-state index contributed by atoms with van der Waals surface area (Å²) in [6.45, 7) is 10.6. The van der Waals surface area contributed by atoms with Crippen LogP contribution in [0.25, 0.3) is 0 Å². The average molecular weight is 298 g/mol. The Bertz CT molecular complexity index is 382. The molecule has 4 N–H and O–H groups in total. The quantitative estimate of drug-likeness (QED) is 0.535. The summed E-state index contributed by atoms with van der Waals surface area (Å²) in [7, 11) is 0. The van der Waals surface area contributed by atoms with Crippen LogP contribution in [0.4, 0.5) is 4.79 Å². The average Bonchev–Trinajstić information content (AvgIpc) is 2.20. The van der Waals surface area contributed by atoms with E-state index < -0.39 is 17.2 Å². The standard InChI is InChI=1S/C15H30N4O2/c1-14(2,3)21-13(20)19-15(4,5)10-18-12(16)17-9-11-7-6-8-11/h11H,6-10H2,1-5H3,(H,19,20)(H3,16,17,18). The monoisotopic (exact) mass is 298 g/mol. The first-order valence-electron chi connectivity index (χ1n) is 7.62. The third kappa shape index (κ3) is 7.78. The zero-order valence-electron chi connectivity index (χ0n) is 14.0. The number of guanidine groups is 1. The van der Waals surface area contributed by atoms with Crippen LogP contribution in [0.1, 0.15) is 53.9 Å². The van der Waals surface area contributed by atoms with Crippen LogP contribution in [0, 0.1) is 5.92 Å². The molecule has 0 heterocycles. The first-order chi connectivity index (χ1) is 9.57. The van der Waals surface area contributed by atoms with Gasteiger partial charge in [0.25, 0.3) is 0 Å². The van der Waals surface area contributed by atoms with Gasteiger partial charge < -0.3 is 21.1 Å². The molecular weight excluding hydrogens is 268 g/mol. The number of hydrogen-bond acceptors (Lipinski definition) is 3. The molecule has 122 valence electrons. The van der Waals surface area contributed by atoms with E-state index in [4.69, 9.17) is 10.5 Å². The molecule has 1 aliphatic rings. The molecule has 6 nitrogen and oxygen atoms in total. The predicted molar refractivity (Wildman–Crippen MR) is 85.3 cm³/mol. The number of rotatable bonds is 5. The maximum absolute atomic E-state index is 11.8. The van der Waals surface area contributed by atoms with Crippen LogP contribution in [0.2, 0.25) is 0 Å². The fourth-order valence-electron chi connectivity index (χ4n) is 1.90. The van der Waals surface area contributed by atoms with Gasteiger partial charge in [-0.1, -0.05) is 6.42 Å². The lowest BCUT2D eigenvalue weighted by molar-refractivity contribution is 0.0476.